The molecule has 0 saturated carbocycles. The summed E-state index contributed by atoms with van der Waals surface area (Å²) < 4.78 is 30.3. The molecule has 2 atom stereocenters. The number of carbonyl (C=O) groups is 1. The average Bonchev–Trinajstić information content (AvgIpc) is 2.83. The van der Waals surface area contributed by atoms with Gasteiger partial charge in [0.1, 0.15) is 11.9 Å². The number of rotatable bonds is 9. The molecule has 1 fully saturated rings. The van der Waals surface area contributed by atoms with Gasteiger partial charge < -0.3 is 25.1 Å². The number of aryl methyl sites for hydroxylation is 1. The molecule has 1 aliphatic heterocycles. The van der Waals surface area contributed by atoms with Gasteiger partial charge in [-0.15, -0.1) is 12.4 Å². The molecular formula is C20H33BClFN2O4. The number of methoxy groups -OCH3 is 1. The van der Waals surface area contributed by atoms with Crippen LogP contribution in [0, 0.1) is 5.82 Å². The van der Waals surface area contributed by atoms with Crippen LogP contribution in [-0.2, 0) is 25.3 Å². The Morgan fingerprint density at radius 2 is 1.76 bits per heavy atom. The van der Waals surface area contributed by atoms with Crippen LogP contribution in [0.1, 0.15) is 46.1 Å². The van der Waals surface area contributed by atoms with Gasteiger partial charge in [0, 0.05) is 7.11 Å². The molecule has 2 rings (SSSR count). The van der Waals surface area contributed by atoms with Gasteiger partial charge in [-0.05, 0) is 64.7 Å². The highest BCUT2D eigenvalue weighted by Gasteiger charge is 2.54. The van der Waals surface area contributed by atoms with Gasteiger partial charge in [0.15, 0.2) is 0 Å². The fourth-order valence-electron chi connectivity index (χ4n) is 3.05. The van der Waals surface area contributed by atoms with Gasteiger partial charge >= 0.3 is 7.12 Å². The number of nitrogens with one attached hydrogen (secondary N) is 1. The molecule has 6 nitrogen and oxygen atoms in total. The van der Waals surface area contributed by atoms with Crippen molar-refractivity contribution in [3.05, 3.63) is 35.6 Å². The molecule has 9 heteroatoms. The summed E-state index contributed by atoms with van der Waals surface area (Å²) in [5.41, 5.74) is 5.91. The van der Waals surface area contributed by atoms with Gasteiger partial charge in [0.25, 0.3) is 0 Å². The van der Waals surface area contributed by atoms with Crippen molar-refractivity contribution in [1.29, 1.82) is 0 Å². The Morgan fingerprint density at radius 3 is 2.28 bits per heavy atom. The topological polar surface area (TPSA) is 82.8 Å². The smallest absolute Gasteiger partial charge is 0.402 e. The second-order valence-electron chi connectivity index (χ2n) is 8.32. The van der Waals surface area contributed by atoms with Crippen molar-refractivity contribution in [3.63, 3.8) is 0 Å². The molecule has 1 aliphatic rings. The van der Waals surface area contributed by atoms with Crippen LogP contribution in [0.5, 0.6) is 0 Å². The molecule has 0 aromatic heterocycles. The van der Waals surface area contributed by atoms with Crippen molar-refractivity contribution < 1.29 is 23.2 Å². The lowest BCUT2D eigenvalue weighted by Gasteiger charge is -2.32. The molecule has 2 unspecified atom stereocenters. The number of halogens is 2. The standard InChI is InChI=1S/C20H32BFN2O4.ClH/c1-19(2)20(3,4)28-21(27-19)17(24-18(25)16(23)13-26-5)8-6-7-14-9-11-15(22)12-10-14;/h9-12,16-17H,6-8,13,23H2,1-5H3,(H,24,25);1H. The van der Waals surface area contributed by atoms with E-state index in [1.54, 1.807) is 12.1 Å². The first kappa shape index (κ1) is 25.9. The molecule has 1 amide bonds. The predicted molar refractivity (Wildman–Crippen MR) is 114 cm³/mol. The van der Waals surface area contributed by atoms with E-state index in [9.17, 15) is 9.18 Å². The van der Waals surface area contributed by atoms with Gasteiger partial charge in [-0.3, -0.25) is 4.79 Å². The number of nitrogens with two attached hydrogens (primary N) is 1. The maximum absolute atomic E-state index is 13.1. The molecular weight excluding hydrogens is 397 g/mol. The summed E-state index contributed by atoms with van der Waals surface area (Å²) in [6, 6.07) is 5.68. The molecule has 1 aromatic rings. The van der Waals surface area contributed by atoms with Crippen LogP contribution in [-0.4, -0.2) is 49.9 Å². The van der Waals surface area contributed by atoms with Crippen molar-refractivity contribution in [3.8, 4) is 0 Å². The number of ether oxygens (including phenoxy) is 1. The summed E-state index contributed by atoms with van der Waals surface area (Å²) in [6.07, 6.45) is 2.18. The second-order valence-corrected chi connectivity index (χ2v) is 8.32. The lowest BCUT2D eigenvalue weighted by molar-refractivity contribution is -0.123. The molecule has 1 heterocycles. The summed E-state index contributed by atoms with van der Waals surface area (Å²) in [4.78, 5) is 12.4. The maximum Gasteiger partial charge on any atom is 0.481 e. The second kappa shape index (κ2) is 10.7. The van der Waals surface area contributed by atoms with E-state index in [0.717, 1.165) is 18.4 Å². The van der Waals surface area contributed by atoms with Crippen LogP contribution in [0.3, 0.4) is 0 Å². The predicted octanol–water partition coefficient (Wildman–Crippen LogP) is 2.66. The van der Waals surface area contributed by atoms with E-state index in [-0.39, 0.29) is 36.7 Å². The molecule has 0 radical (unpaired) electrons. The third kappa shape index (κ3) is 6.93. The zero-order valence-corrected chi connectivity index (χ0v) is 18.7. The molecule has 164 valence electrons. The highest BCUT2D eigenvalue weighted by Crippen LogP contribution is 2.38. The Morgan fingerprint density at radius 1 is 1.21 bits per heavy atom. The molecule has 3 N–H and O–H groups in total. The van der Waals surface area contributed by atoms with Crippen LogP contribution in [0.4, 0.5) is 4.39 Å². The van der Waals surface area contributed by atoms with Gasteiger partial charge in [-0.25, -0.2) is 4.39 Å². The Hall–Kier alpha value is -1.19. The lowest BCUT2D eigenvalue weighted by atomic mass is 9.75. The molecule has 1 saturated heterocycles. The van der Waals surface area contributed by atoms with E-state index in [1.807, 2.05) is 27.7 Å². The monoisotopic (exact) mass is 430 g/mol. The summed E-state index contributed by atoms with van der Waals surface area (Å²) >= 11 is 0. The zero-order chi connectivity index (χ0) is 20.9. The van der Waals surface area contributed by atoms with Gasteiger partial charge in [0.2, 0.25) is 5.91 Å². The molecule has 29 heavy (non-hydrogen) atoms. The van der Waals surface area contributed by atoms with Crippen LogP contribution in [0.2, 0.25) is 0 Å². The van der Waals surface area contributed by atoms with E-state index < -0.39 is 24.4 Å². The number of hydrogen-bond acceptors (Lipinski definition) is 5. The van der Waals surface area contributed by atoms with Gasteiger partial charge in [-0.1, -0.05) is 12.1 Å². The maximum atomic E-state index is 13.1. The minimum Gasteiger partial charge on any atom is -0.402 e. The van der Waals surface area contributed by atoms with Gasteiger partial charge in [-0.2, -0.15) is 0 Å². The Bertz CT molecular complexity index is 644. The molecule has 0 aliphatic carbocycles. The van der Waals surface area contributed by atoms with Gasteiger partial charge in [0.05, 0.1) is 23.8 Å². The minimum atomic E-state index is -0.757. The van der Waals surface area contributed by atoms with Crippen molar-refractivity contribution in [2.24, 2.45) is 5.73 Å². The van der Waals surface area contributed by atoms with E-state index in [0.29, 0.717) is 6.42 Å². The number of hydrogen-bond donors (Lipinski definition) is 2. The van der Waals surface area contributed by atoms with E-state index in [2.05, 4.69) is 5.32 Å². The molecule has 0 bridgehead atoms. The van der Waals surface area contributed by atoms with Crippen molar-refractivity contribution in [2.75, 3.05) is 13.7 Å². The molecule has 0 spiro atoms. The first-order chi connectivity index (χ1) is 13.1. The summed E-state index contributed by atoms with van der Waals surface area (Å²) in [5, 5.41) is 2.96. The van der Waals surface area contributed by atoms with Crippen LogP contribution in [0.15, 0.2) is 24.3 Å². The Kier molecular flexibility index (Phi) is 9.56. The van der Waals surface area contributed by atoms with E-state index in [1.165, 1.54) is 19.2 Å². The number of amides is 1. The Balaban J connectivity index is 0.00000420. The minimum absolute atomic E-state index is 0. The fourth-order valence-corrected chi connectivity index (χ4v) is 3.05. The Labute approximate surface area is 179 Å². The summed E-state index contributed by atoms with van der Waals surface area (Å²) in [7, 11) is 0.929. The van der Waals surface area contributed by atoms with Crippen LogP contribution in [0.25, 0.3) is 0 Å². The number of benzene rings is 1. The van der Waals surface area contributed by atoms with E-state index >= 15 is 0 Å². The first-order valence-corrected chi connectivity index (χ1v) is 9.71. The number of carbonyl (C=O) groups excluding carboxylic acids is 1. The SMILES string of the molecule is COCC(N)C(=O)NC(CCCc1ccc(F)cc1)B1OC(C)(C)C(C)(C)O1.Cl. The van der Waals surface area contributed by atoms with Crippen LogP contribution < -0.4 is 11.1 Å². The largest absolute Gasteiger partial charge is 0.481 e. The third-order valence-electron chi connectivity index (χ3n) is 5.50. The highest BCUT2D eigenvalue weighted by molar-refractivity contribution is 6.48. The average molecular weight is 431 g/mol. The highest BCUT2D eigenvalue weighted by atomic mass is 35.5. The van der Waals surface area contributed by atoms with Crippen molar-refractivity contribution >= 4 is 25.4 Å². The normalized spacial score (nSPS) is 19.3. The lowest BCUT2D eigenvalue weighted by Crippen LogP contribution is -2.53. The van der Waals surface area contributed by atoms with E-state index in [4.69, 9.17) is 19.8 Å². The summed E-state index contributed by atoms with van der Waals surface area (Å²) in [5.74, 6) is -0.904. The van der Waals surface area contributed by atoms with Crippen molar-refractivity contribution in [2.45, 2.75) is 70.1 Å². The quantitative estimate of drug-likeness (QED) is 0.589. The van der Waals surface area contributed by atoms with Crippen molar-refractivity contribution in [1.82, 2.24) is 5.32 Å². The van der Waals surface area contributed by atoms with Crippen LogP contribution >= 0.6 is 12.4 Å². The fraction of sp³-hybridized carbons (Fsp3) is 0.650. The third-order valence-corrected chi connectivity index (χ3v) is 5.50. The summed E-state index contributed by atoms with van der Waals surface area (Å²) in [6.45, 7) is 8.03. The first-order valence-electron chi connectivity index (χ1n) is 9.71. The zero-order valence-electron chi connectivity index (χ0n) is 17.9. The molecule has 1 aromatic carbocycles.